The Morgan fingerprint density at radius 1 is 1.04 bits per heavy atom. The van der Waals surface area contributed by atoms with E-state index in [0.717, 1.165) is 42.5 Å². The number of piperazine rings is 1. The van der Waals surface area contributed by atoms with Crippen molar-refractivity contribution in [1.29, 1.82) is 5.26 Å². The molecule has 2 aromatic rings. The molecule has 1 aliphatic heterocycles. The Morgan fingerprint density at radius 3 is 2.36 bits per heavy atom. The summed E-state index contributed by atoms with van der Waals surface area (Å²) in [6.45, 7) is 6.56. The van der Waals surface area contributed by atoms with E-state index in [2.05, 4.69) is 17.9 Å². The van der Waals surface area contributed by atoms with Crippen LogP contribution in [0.3, 0.4) is 0 Å². The summed E-state index contributed by atoms with van der Waals surface area (Å²) in [4.78, 5) is 19.0. The van der Waals surface area contributed by atoms with E-state index in [4.69, 9.17) is 0 Å². The van der Waals surface area contributed by atoms with Crippen LogP contribution in [-0.2, 0) is 0 Å². The number of hydrogen-bond donors (Lipinski definition) is 0. The third-order valence-corrected chi connectivity index (χ3v) is 5.60. The summed E-state index contributed by atoms with van der Waals surface area (Å²) < 4.78 is 0. The molecule has 1 heterocycles. The maximum Gasteiger partial charge on any atom is 0.255 e. The van der Waals surface area contributed by atoms with Crippen LogP contribution in [0, 0.1) is 11.3 Å². The molecule has 0 saturated carbocycles. The van der Waals surface area contributed by atoms with Crippen molar-refractivity contribution >= 4 is 17.7 Å². The molecule has 2 aromatic carbocycles. The standard InChI is InChI=1S/C20H21N3OS/c1-2-22-11-13-23(14-12-22)20(24)17-8-4-6-10-19(17)25-18-9-5-3-7-16(18)15-21/h3-10H,2,11-14H2,1H3. The second kappa shape index (κ2) is 8.19. The predicted molar refractivity (Wildman–Crippen MR) is 99.7 cm³/mol. The number of carbonyl (C=O) groups is 1. The second-order valence-corrected chi connectivity index (χ2v) is 7.02. The van der Waals surface area contributed by atoms with Crippen LogP contribution in [0.2, 0.25) is 0 Å². The largest absolute Gasteiger partial charge is 0.336 e. The third-order valence-electron chi connectivity index (χ3n) is 4.45. The first kappa shape index (κ1) is 17.5. The average molecular weight is 351 g/mol. The lowest BCUT2D eigenvalue weighted by Crippen LogP contribution is -2.48. The molecular weight excluding hydrogens is 330 g/mol. The van der Waals surface area contributed by atoms with Crippen LogP contribution in [0.4, 0.5) is 0 Å². The molecule has 1 saturated heterocycles. The molecule has 1 fully saturated rings. The van der Waals surface area contributed by atoms with Gasteiger partial charge in [-0.25, -0.2) is 0 Å². The number of amides is 1. The van der Waals surface area contributed by atoms with Crippen molar-refractivity contribution in [2.24, 2.45) is 0 Å². The number of rotatable bonds is 4. The number of likely N-dealkylation sites (N-methyl/N-ethyl adjacent to an activating group) is 1. The molecule has 0 unspecified atom stereocenters. The molecule has 25 heavy (non-hydrogen) atoms. The number of nitrogens with zero attached hydrogens (tertiary/aromatic N) is 3. The smallest absolute Gasteiger partial charge is 0.255 e. The minimum Gasteiger partial charge on any atom is -0.336 e. The van der Waals surface area contributed by atoms with Crippen LogP contribution in [0.15, 0.2) is 58.3 Å². The van der Waals surface area contributed by atoms with Gasteiger partial charge in [0.15, 0.2) is 0 Å². The number of hydrogen-bond acceptors (Lipinski definition) is 4. The fraction of sp³-hybridized carbons (Fsp3) is 0.300. The van der Waals surface area contributed by atoms with E-state index >= 15 is 0 Å². The van der Waals surface area contributed by atoms with Gasteiger partial charge in [-0.2, -0.15) is 5.26 Å². The number of carbonyl (C=O) groups excluding carboxylic acids is 1. The van der Waals surface area contributed by atoms with Crippen molar-refractivity contribution in [2.75, 3.05) is 32.7 Å². The van der Waals surface area contributed by atoms with Crippen LogP contribution in [0.1, 0.15) is 22.8 Å². The fourth-order valence-corrected chi connectivity index (χ4v) is 3.96. The summed E-state index contributed by atoms with van der Waals surface area (Å²) in [5.74, 6) is 0.0771. The van der Waals surface area contributed by atoms with Gasteiger partial charge in [-0.15, -0.1) is 0 Å². The van der Waals surface area contributed by atoms with E-state index in [1.165, 1.54) is 11.8 Å². The summed E-state index contributed by atoms with van der Waals surface area (Å²) in [6.07, 6.45) is 0. The Labute approximate surface area is 153 Å². The molecule has 1 amide bonds. The van der Waals surface area contributed by atoms with Crippen molar-refractivity contribution in [3.05, 3.63) is 59.7 Å². The van der Waals surface area contributed by atoms with Gasteiger partial charge in [0.25, 0.3) is 5.91 Å². The minimum atomic E-state index is 0.0771. The van der Waals surface area contributed by atoms with E-state index in [1.807, 2.05) is 47.4 Å². The topological polar surface area (TPSA) is 47.3 Å². The van der Waals surface area contributed by atoms with Gasteiger partial charge in [-0.1, -0.05) is 43.0 Å². The van der Waals surface area contributed by atoms with Crippen molar-refractivity contribution in [1.82, 2.24) is 9.80 Å². The quantitative estimate of drug-likeness (QED) is 0.846. The highest BCUT2D eigenvalue weighted by Gasteiger charge is 2.23. The van der Waals surface area contributed by atoms with E-state index in [9.17, 15) is 10.1 Å². The minimum absolute atomic E-state index is 0.0771. The van der Waals surface area contributed by atoms with E-state index in [1.54, 1.807) is 6.07 Å². The van der Waals surface area contributed by atoms with Gasteiger partial charge >= 0.3 is 0 Å². The first-order valence-corrected chi connectivity index (χ1v) is 9.32. The van der Waals surface area contributed by atoms with E-state index < -0.39 is 0 Å². The van der Waals surface area contributed by atoms with Gasteiger partial charge in [0.2, 0.25) is 0 Å². The summed E-state index contributed by atoms with van der Waals surface area (Å²) >= 11 is 1.48. The molecule has 3 rings (SSSR count). The average Bonchev–Trinajstić information content (AvgIpc) is 2.68. The highest BCUT2D eigenvalue weighted by atomic mass is 32.2. The fourth-order valence-electron chi connectivity index (χ4n) is 2.94. The molecule has 0 aromatic heterocycles. The van der Waals surface area contributed by atoms with Crippen molar-refractivity contribution in [3.63, 3.8) is 0 Å². The van der Waals surface area contributed by atoms with Crippen molar-refractivity contribution < 1.29 is 4.79 Å². The Balaban J connectivity index is 1.82. The van der Waals surface area contributed by atoms with Gasteiger partial charge in [-0.05, 0) is 30.8 Å². The first-order chi connectivity index (χ1) is 12.2. The lowest BCUT2D eigenvalue weighted by atomic mass is 10.2. The monoisotopic (exact) mass is 351 g/mol. The Bertz CT molecular complexity index is 792. The number of nitriles is 1. The maximum absolute atomic E-state index is 13.0. The highest BCUT2D eigenvalue weighted by Crippen LogP contribution is 2.33. The zero-order valence-corrected chi connectivity index (χ0v) is 15.1. The van der Waals surface area contributed by atoms with Gasteiger partial charge in [0.05, 0.1) is 11.1 Å². The lowest BCUT2D eigenvalue weighted by molar-refractivity contribution is 0.0640. The van der Waals surface area contributed by atoms with Crippen LogP contribution in [-0.4, -0.2) is 48.4 Å². The van der Waals surface area contributed by atoms with Crippen LogP contribution >= 0.6 is 11.8 Å². The van der Waals surface area contributed by atoms with Crippen molar-refractivity contribution in [3.8, 4) is 6.07 Å². The summed E-state index contributed by atoms with van der Waals surface area (Å²) in [5, 5.41) is 9.28. The van der Waals surface area contributed by atoms with Gasteiger partial charge in [0.1, 0.15) is 6.07 Å². The molecule has 0 aliphatic carbocycles. The Morgan fingerprint density at radius 2 is 1.68 bits per heavy atom. The first-order valence-electron chi connectivity index (χ1n) is 8.50. The van der Waals surface area contributed by atoms with Crippen LogP contribution in [0.25, 0.3) is 0 Å². The van der Waals surface area contributed by atoms with Gasteiger partial charge < -0.3 is 9.80 Å². The molecule has 4 nitrogen and oxygen atoms in total. The summed E-state index contributed by atoms with van der Waals surface area (Å²) in [6, 6.07) is 17.4. The van der Waals surface area contributed by atoms with Crippen molar-refractivity contribution in [2.45, 2.75) is 16.7 Å². The molecule has 0 radical (unpaired) electrons. The molecular formula is C20H21N3OS. The molecule has 0 bridgehead atoms. The molecule has 0 spiro atoms. The zero-order chi connectivity index (χ0) is 17.6. The molecule has 1 aliphatic rings. The Hall–Kier alpha value is -2.29. The number of benzene rings is 2. The van der Waals surface area contributed by atoms with Gasteiger partial charge in [-0.3, -0.25) is 4.79 Å². The summed E-state index contributed by atoms with van der Waals surface area (Å²) in [5.41, 5.74) is 1.34. The highest BCUT2D eigenvalue weighted by molar-refractivity contribution is 7.99. The molecule has 0 N–H and O–H groups in total. The zero-order valence-electron chi connectivity index (χ0n) is 14.3. The SMILES string of the molecule is CCN1CCN(C(=O)c2ccccc2Sc2ccccc2C#N)CC1. The lowest BCUT2D eigenvalue weighted by Gasteiger charge is -2.34. The normalized spacial score (nSPS) is 15.0. The summed E-state index contributed by atoms with van der Waals surface area (Å²) in [7, 11) is 0. The van der Waals surface area contributed by atoms with Gasteiger partial charge in [0, 0.05) is 36.0 Å². The Kier molecular flexibility index (Phi) is 5.75. The molecule has 128 valence electrons. The van der Waals surface area contributed by atoms with E-state index in [0.29, 0.717) is 11.1 Å². The second-order valence-electron chi connectivity index (χ2n) is 5.93. The maximum atomic E-state index is 13.0. The van der Waals surface area contributed by atoms with E-state index in [-0.39, 0.29) is 5.91 Å². The van der Waals surface area contributed by atoms with Crippen LogP contribution in [0.5, 0.6) is 0 Å². The predicted octanol–water partition coefficient (Wildman–Crippen LogP) is 3.49. The third kappa shape index (κ3) is 4.04. The molecule has 5 heteroatoms. The molecule has 0 atom stereocenters. The van der Waals surface area contributed by atoms with Crippen LogP contribution < -0.4 is 0 Å².